The van der Waals surface area contributed by atoms with E-state index in [0.29, 0.717) is 23.0 Å². The summed E-state index contributed by atoms with van der Waals surface area (Å²) in [6.07, 6.45) is -4.67. The van der Waals surface area contributed by atoms with Crippen molar-refractivity contribution in [3.63, 3.8) is 0 Å². The number of hydrogen-bond acceptors (Lipinski definition) is 4. The monoisotopic (exact) mass is 528 g/mol. The summed E-state index contributed by atoms with van der Waals surface area (Å²) < 4.78 is 76.6. The number of ether oxygens (including phenoxy) is 1. The number of alkyl halides is 3. The normalized spacial score (nSPS) is 11.8. The average Bonchev–Trinajstić information content (AvgIpc) is 3.18. The van der Waals surface area contributed by atoms with E-state index in [0.717, 1.165) is 12.1 Å². The van der Waals surface area contributed by atoms with Gasteiger partial charge in [-0.15, -0.1) is 0 Å². The molecule has 0 aliphatic heterocycles. The summed E-state index contributed by atoms with van der Waals surface area (Å²) in [6.45, 7) is 3.18. The Hall–Kier alpha value is -4.05. The molecule has 0 atom stereocenters. The van der Waals surface area contributed by atoms with Crippen LogP contribution in [-0.2, 0) is 20.9 Å². The third-order valence-electron chi connectivity index (χ3n) is 5.61. The molecule has 1 aromatic heterocycles. The number of nitrogens with one attached hydrogen (secondary N) is 1. The molecular formula is C27H23F3N2O4S. The highest BCUT2D eigenvalue weighted by Gasteiger charge is 2.36. The summed E-state index contributed by atoms with van der Waals surface area (Å²) >= 11 is 0. The number of para-hydroxylation sites is 1. The van der Waals surface area contributed by atoms with Gasteiger partial charge in [0.1, 0.15) is 10.5 Å². The summed E-state index contributed by atoms with van der Waals surface area (Å²) in [5.41, 5.74) is 0.0246. The van der Waals surface area contributed by atoms with Crippen molar-refractivity contribution in [2.75, 3.05) is 11.3 Å². The minimum Gasteiger partial charge on any atom is -0.462 e. The van der Waals surface area contributed by atoms with Crippen molar-refractivity contribution in [2.45, 2.75) is 24.9 Å². The Morgan fingerprint density at radius 2 is 1.57 bits per heavy atom. The molecule has 4 aromatic rings. The number of carbonyl (C=O) groups is 1. The summed E-state index contributed by atoms with van der Waals surface area (Å²) in [6, 6.07) is 21.3. The fourth-order valence-electron chi connectivity index (χ4n) is 4.09. The van der Waals surface area contributed by atoms with Gasteiger partial charge in [-0.3, -0.25) is 4.72 Å². The van der Waals surface area contributed by atoms with Gasteiger partial charge < -0.3 is 9.30 Å². The molecule has 0 aliphatic carbocycles. The van der Waals surface area contributed by atoms with Crippen LogP contribution < -0.4 is 4.72 Å². The Bertz CT molecular complexity index is 1530. The van der Waals surface area contributed by atoms with Gasteiger partial charge in [-0.1, -0.05) is 54.6 Å². The molecule has 0 saturated heterocycles. The zero-order valence-electron chi connectivity index (χ0n) is 19.9. The summed E-state index contributed by atoms with van der Waals surface area (Å²) in [7, 11) is -4.60. The van der Waals surface area contributed by atoms with E-state index in [2.05, 4.69) is 4.72 Å². The fourth-order valence-corrected chi connectivity index (χ4v) is 5.59. The molecular weight excluding hydrogens is 505 g/mol. The molecule has 0 amide bonds. The van der Waals surface area contributed by atoms with Crippen molar-refractivity contribution < 1.29 is 31.1 Å². The Labute approximate surface area is 212 Å². The van der Waals surface area contributed by atoms with Gasteiger partial charge in [-0.2, -0.15) is 13.2 Å². The average molecular weight is 529 g/mol. The van der Waals surface area contributed by atoms with Gasteiger partial charge in [0.05, 0.1) is 17.9 Å². The van der Waals surface area contributed by atoms with Gasteiger partial charge in [0, 0.05) is 17.1 Å². The van der Waals surface area contributed by atoms with E-state index in [-0.39, 0.29) is 23.6 Å². The van der Waals surface area contributed by atoms with Gasteiger partial charge in [0.15, 0.2) is 0 Å². The van der Waals surface area contributed by atoms with Crippen molar-refractivity contribution in [1.29, 1.82) is 0 Å². The molecule has 1 N–H and O–H groups in total. The fraction of sp³-hybridized carbons (Fsp3) is 0.148. The van der Waals surface area contributed by atoms with Crippen LogP contribution in [0.1, 0.15) is 28.5 Å². The Balaban J connectivity index is 2.02. The number of anilines is 1. The van der Waals surface area contributed by atoms with Crippen LogP contribution in [0.5, 0.6) is 0 Å². The van der Waals surface area contributed by atoms with E-state index in [4.69, 9.17) is 4.74 Å². The van der Waals surface area contributed by atoms with Crippen molar-refractivity contribution in [1.82, 2.24) is 4.57 Å². The highest BCUT2D eigenvalue weighted by molar-refractivity contribution is 7.93. The smallest absolute Gasteiger partial charge is 0.416 e. The third kappa shape index (κ3) is 5.24. The van der Waals surface area contributed by atoms with Gasteiger partial charge in [-0.25, -0.2) is 13.2 Å². The molecule has 10 heteroatoms. The number of halogens is 3. The number of sulfonamides is 1. The number of benzene rings is 3. The van der Waals surface area contributed by atoms with E-state index >= 15 is 0 Å². The van der Waals surface area contributed by atoms with Crippen LogP contribution in [0, 0.1) is 6.92 Å². The number of hydrogen-bond donors (Lipinski definition) is 1. The minimum atomic E-state index is -4.67. The largest absolute Gasteiger partial charge is 0.462 e. The molecule has 0 bridgehead atoms. The maximum atomic E-state index is 13.9. The SMILES string of the molecule is CCOC(=O)c1c(S(=O)(=O)Nc2cccc(C(F)(F)F)c2)c(-c2ccccc2)n(-c2ccccc2)c1C. The topological polar surface area (TPSA) is 77.4 Å². The zero-order valence-corrected chi connectivity index (χ0v) is 20.7. The predicted molar refractivity (Wildman–Crippen MR) is 134 cm³/mol. The highest BCUT2D eigenvalue weighted by Crippen LogP contribution is 2.39. The van der Waals surface area contributed by atoms with Gasteiger partial charge in [0.2, 0.25) is 0 Å². The van der Waals surface area contributed by atoms with Crippen LogP contribution in [0.3, 0.4) is 0 Å². The Morgan fingerprint density at radius 1 is 0.946 bits per heavy atom. The lowest BCUT2D eigenvalue weighted by atomic mass is 10.1. The molecule has 6 nitrogen and oxygen atoms in total. The van der Waals surface area contributed by atoms with E-state index in [1.807, 2.05) is 0 Å². The predicted octanol–water partition coefficient (Wildman–Crippen LogP) is 6.45. The molecule has 1 heterocycles. The van der Waals surface area contributed by atoms with Crippen LogP contribution >= 0.6 is 0 Å². The lowest BCUT2D eigenvalue weighted by Gasteiger charge is -2.15. The quantitative estimate of drug-likeness (QED) is 0.280. The number of carbonyl (C=O) groups excluding carboxylic acids is 1. The van der Waals surface area contributed by atoms with Crippen molar-refractivity contribution in [2.24, 2.45) is 0 Å². The van der Waals surface area contributed by atoms with Gasteiger partial charge in [-0.05, 0) is 49.7 Å². The number of esters is 1. The second-order valence-electron chi connectivity index (χ2n) is 8.08. The molecule has 0 fully saturated rings. The van der Waals surface area contributed by atoms with Crippen LogP contribution in [0.15, 0.2) is 89.8 Å². The standard InChI is InChI=1S/C27H23F3N2O4S/c1-3-36-26(33)23-18(2)32(22-15-8-5-9-16-22)24(19-11-6-4-7-12-19)25(23)37(34,35)31-21-14-10-13-20(17-21)27(28,29)30/h4-17,31H,3H2,1-2H3. The number of rotatable bonds is 7. The second-order valence-corrected chi connectivity index (χ2v) is 9.70. The van der Waals surface area contributed by atoms with Crippen LogP contribution in [0.4, 0.5) is 18.9 Å². The molecule has 4 rings (SSSR count). The molecule has 3 aromatic carbocycles. The van der Waals surface area contributed by atoms with Crippen LogP contribution in [0.25, 0.3) is 16.9 Å². The Kier molecular flexibility index (Phi) is 7.13. The number of nitrogens with zero attached hydrogens (tertiary/aromatic N) is 1. The van der Waals surface area contributed by atoms with Crippen molar-refractivity contribution >= 4 is 21.7 Å². The van der Waals surface area contributed by atoms with Crippen molar-refractivity contribution in [3.05, 3.63) is 102 Å². The molecule has 0 unspecified atom stereocenters. The van der Waals surface area contributed by atoms with E-state index in [1.165, 1.54) is 6.07 Å². The van der Waals surface area contributed by atoms with E-state index in [1.54, 1.807) is 79.1 Å². The second kappa shape index (κ2) is 10.1. The van der Waals surface area contributed by atoms with Gasteiger partial charge in [0.25, 0.3) is 10.0 Å². The van der Waals surface area contributed by atoms with Crippen molar-refractivity contribution in [3.8, 4) is 16.9 Å². The molecule has 37 heavy (non-hydrogen) atoms. The molecule has 0 saturated carbocycles. The maximum absolute atomic E-state index is 13.9. The first-order valence-corrected chi connectivity index (χ1v) is 12.8. The first kappa shape index (κ1) is 26.0. The molecule has 0 radical (unpaired) electrons. The summed E-state index contributed by atoms with van der Waals surface area (Å²) in [5.74, 6) is -0.865. The van der Waals surface area contributed by atoms with E-state index < -0.39 is 32.6 Å². The molecule has 0 spiro atoms. The van der Waals surface area contributed by atoms with Crippen LogP contribution in [0.2, 0.25) is 0 Å². The van der Waals surface area contributed by atoms with Gasteiger partial charge >= 0.3 is 12.1 Å². The highest BCUT2D eigenvalue weighted by atomic mass is 32.2. The molecule has 192 valence electrons. The first-order valence-electron chi connectivity index (χ1n) is 11.3. The minimum absolute atomic E-state index is 0.00396. The van der Waals surface area contributed by atoms with Crippen LogP contribution in [-0.4, -0.2) is 25.6 Å². The maximum Gasteiger partial charge on any atom is 0.416 e. The lowest BCUT2D eigenvalue weighted by molar-refractivity contribution is -0.137. The number of aromatic nitrogens is 1. The Morgan fingerprint density at radius 3 is 2.16 bits per heavy atom. The van der Waals surface area contributed by atoms with E-state index in [9.17, 15) is 26.4 Å². The summed E-state index contributed by atoms with van der Waals surface area (Å²) in [5, 5.41) is 0. The third-order valence-corrected chi connectivity index (χ3v) is 7.05. The summed E-state index contributed by atoms with van der Waals surface area (Å²) in [4.78, 5) is 12.7. The first-order chi connectivity index (χ1) is 17.5. The lowest BCUT2D eigenvalue weighted by Crippen LogP contribution is -2.18. The molecule has 0 aliphatic rings. The zero-order chi connectivity index (χ0) is 26.8.